The predicted molar refractivity (Wildman–Crippen MR) is 97.1 cm³/mol. The van der Waals surface area contributed by atoms with E-state index < -0.39 is 0 Å². The van der Waals surface area contributed by atoms with Crippen molar-refractivity contribution >= 4 is 0 Å². The third kappa shape index (κ3) is 3.66. The van der Waals surface area contributed by atoms with Crippen molar-refractivity contribution in [3.63, 3.8) is 0 Å². The largest absolute Gasteiger partial charge is 0.493 e. The summed E-state index contributed by atoms with van der Waals surface area (Å²) < 4.78 is 13.6. The molecule has 1 aliphatic carbocycles. The van der Waals surface area contributed by atoms with Crippen molar-refractivity contribution in [3.8, 4) is 11.5 Å². The maximum Gasteiger partial charge on any atom is 0.161 e. The summed E-state index contributed by atoms with van der Waals surface area (Å²) in [5, 5.41) is 4.48. The van der Waals surface area contributed by atoms with Crippen molar-refractivity contribution in [2.45, 2.75) is 44.2 Å². The average Bonchev–Trinajstić information content (AvgIpc) is 3.41. The van der Waals surface area contributed by atoms with Crippen LogP contribution in [0, 0.1) is 0 Å². The van der Waals surface area contributed by atoms with Crippen molar-refractivity contribution in [2.75, 3.05) is 20.2 Å². The second-order valence-electron chi connectivity index (χ2n) is 7.20. The van der Waals surface area contributed by atoms with E-state index in [1.165, 1.54) is 24.1 Å². The standard InChI is InChI=1S/C20H27N3O2/c1-22-20(15-7-8-15)16(13-21-22)14-23-11-9-17(10-12-23)25-19-6-4-3-5-18(19)24-2/h3-6,13,15,17H,7-12,14H2,1-2H3. The molecule has 1 saturated carbocycles. The molecule has 1 aromatic heterocycles. The van der Waals surface area contributed by atoms with E-state index in [0.717, 1.165) is 49.9 Å². The van der Waals surface area contributed by atoms with Crippen LogP contribution >= 0.6 is 0 Å². The number of likely N-dealkylation sites (tertiary alicyclic amines) is 1. The van der Waals surface area contributed by atoms with Crippen LogP contribution in [0.2, 0.25) is 0 Å². The van der Waals surface area contributed by atoms with E-state index in [0.29, 0.717) is 0 Å². The van der Waals surface area contributed by atoms with Gasteiger partial charge in [-0.3, -0.25) is 9.58 Å². The fourth-order valence-electron chi connectivity index (χ4n) is 3.82. The molecular weight excluding hydrogens is 314 g/mol. The van der Waals surface area contributed by atoms with Crippen molar-refractivity contribution in [1.82, 2.24) is 14.7 Å². The van der Waals surface area contributed by atoms with Crippen LogP contribution in [0.4, 0.5) is 0 Å². The Morgan fingerprint density at radius 1 is 1.08 bits per heavy atom. The number of rotatable bonds is 6. The highest BCUT2D eigenvalue weighted by atomic mass is 16.5. The number of aromatic nitrogens is 2. The molecule has 0 radical (unpaired) electrons. The SMILES string of the molecule is COc1ccccc1OC1CCN(Cc2cnn(C)c2C2CC2)CC1. The van der Waals surface area contributed by atoms with E-state index >= 15 is 0 Å². The zero-order valence-electron chi connectivity index (χ0n) is 15.1. The zero-order chi connectivity index (χ0) is 17.2. The third-order valence-electron chi connectivity index (χ3n) is 5.32. The Kier molecular flexibility index (Phi) is 4.66. The lowest BCUT2D eigenvalue weighted by Gasteiger charge is -2.32. The summed E-state index contributed by atoms with van der Waals surface area (Å²) in [4.78, 5) is 2.53. The molecule has 2 aliphatic rings. The lowest BCUT2D eigenvalue weighted by Crippen LogP contribution is -2.38. The Bertz CT molecular complexity index is 715. The van der Waals surface area contributed by atoms with Gasteiger partial charge in [-0.1, -0.05) is 12.1 Å². The molecule has 1 aliphatic heterocycles. The first-order valence-corrected chi connectivity index (χ1v) is 9.27. The van der Waals surface area contributed by atoms with Crippen LogP contribution in [0.15, 0.2) is 30.5 Å². The van der Waals surface area contributed by atoms with E-state index in [2.05, 4.69) is 27.9 Å². The highest BCUT2D eigenvalue weighted by molar-refractivity contribution is 5.39. The van der Waals surface area contributed by atoms with Gasteiger partial charge in [-0.05, 0) is 37.8 Å². The Labute approximate surface area is 149 Å². The minimum absolute atomic E-state index is 0.268. The van der Waals surface area contributed by atoms with E-state index in [9.17, 15) is 0 Å². The second kappa shape index (κ2) is 7.08. The molecule has 2 aromatic rings. The zero-order valence-corrected chi connectivity index (χ0v) is 15.1. The summed E-state index contributed by atoms with van der Waals surface area (Å²) >= 11 is 0. The molecule has 2 fully saturated rings. The summed E-state index contributed by atoms with van der Waals surface area (Å²) in [5.74, 6) is 2.41. The highest BCUT2D eigenvalue weighted by Crippen LogP contribution is 2.41. The number of methoxy groups -OCH3 is 1. The topological polar surface area (TPSA) is 39.5 Å². The van der Waals surface area contributed by atoms with Gasteiger partial charge in [-0.2, -0.15) is 5.10 Å². The minimum Gasteiger partial charge on any atom is -0.493 e. The van der Waals surface area contributed by atoms with Crippen LogP contribution in [0.5, 0.6) is 11.5 Å². The van der Waals surface area contributed by atoms with Gasteiger partial charge in [0.1, 0.15) is 6.10 Å². The van der Waals surface area contributed by atoms with E-state index in [4.69, 9.17) is 9.47 Å². The van der Waals surface area contributed by atoms with Crippen LogP contribution in [0.1, 0.15) is 42.9 Å². The van der Waals surface area contributed by atoms with Crippen molar-refractivity contribution < 1.29 is 9.47 Å². The lowest BCUT2D eigenvalue weighted by molar-refractivity contribution is 0.0942. The van der Waals surface area contributed by atoms with Crippen molar-refractivity contribution in [2.24, 2.45) is 7.05 Å². The molecule has 0 spiro atoms. The van der Waals surface area contributed by atoms with E-state index in [1.54, 1.807) is 7.11 Å². The van der Waals surface area contributed by atoms with Crippen molar-refractivity contribution in [1.29, 1.82) is 0 Å². The van der Waals surface area contributed by atoms with Crippen molar-refractivity contribution in [3.05, 3.63) is 41.7 Å². The maximum absolute atomic E-state index is 6.18. The monoisotopic (exact) mass is 341 g/mol. The number of hydrogen-bond acceptors (Lipinski definition) is 4. The molecule has 25 heavy (non-hydrogen) atoms. The van der Waals surface area contributed by atoms with E-state index in [1.807, 2.05) is 24.3 Å². The molecule has 4 rings (SSSR count). The summed E-state index contributed by atoms with van der Waals surface area (Å²) in [6.45, 7) is 3.15. The Morgan fingerprint density at radius 3 is 2.48 bits per heavy atom. The quantitative estimate of drug-likeness (QED) is 0.808. The number of ether oxygens (including phenoxy) is 2. The summed E-state index contributed by atoms with van der Waals surface area (Å²) in [5.41, 5.74) is 2.86. The van der Waals surface area contributed by atoms with Crippen LogP contribution < -0.4 is 9.47 Å². The molecule has 1 aromatic carbocycles. The fourth-order valence-corrected chi connectivity index (χ4v) is 3.82. The molecule has 2 heterocycles. The third-order valence-corrected chi connectivity index (χ3v) is 5.32. The molecule has 134 valence electrons. The van der Waals surface area contributed by atoms with Gasteiger partial charge in [0.2, 0.25) is 0 Å². The van der Waals surface area contributed by atoms with Gasteiger partial charge in [0.05, 0.1) is 13.3 Å². The first-order valence-electron chi connectivity index (χ1n) is 9.27. The number of para-hydroxylation sites is 2. The van der Waals surface area contributed by atoms with Gasteiger partial charge < -0.3 is 9.47 Å². The Balaban J connectivity index is 1.33. The fraction of sp³-hybridized carbons (Fsp3) is 0.550. The first-order chi connectivity index (χ1) is 12.2. The molecule has 0 N–H and O–H groups in total. The number of piperidine rings is 1. The number of hydrogen-bond donors (Lipinski definition) is 0. The van der Waals surface area contributed by atoms with Gasteiger partial charge in [-0.25, -0.2) is 0 Å². The molecule has 0 atom stereocenters. The lowest BCUT2D eigenvalue weighted by atomic mass is 10.1. The maximum atomic E-state index is 6.18. The summed E-state index contributed by atoms with van der Waals surface area (Å²) in [6, 6.07) is 7.91. The van der Waals surface area contributed by atoms with Crippen LogP contribution in [0.25, 0.3) is 0 Å². The molecular formula is C20H27N3O2. The molecule has 5 heteroatoms. The van der Waals surface area contributed by atoms with Gasteiger partial charge >= 0.3 is 0 Å². The number of aryl methyl sites for hydroxylation is 1. The minimum atomic E-state index is 0.268. The van der Waals surface area contributed by atoms with Gasteiger partial charge in [0.15, 0.2) is 11.5 Å². The Hall–Kier alpha value is -2.01. The molecule has 5 nitrogen and oxygen atoms in total. The first kappa shape index (κ1) is 16.5. The van der Waals surface area contributed by atoms with Crippen LogP contribution in [-0.2, 0) is 13.6 Å². The van der Waals surface area contributed by atoms with Gasteiger partial charge in [0, 0.05) is 43.9 Å². The Morgan fingerprint density at radius 2 is 1.80 bits per heavy atom. The van der Waals surface area contributed by atoms with E-state index in [-0.39, 0.29) is 6.10 Å². The predicted octanol–water partition coefficient (Wildman–Crippen LogP) is 3.35. The van der Waals surface area contributed by atoms with Crippen LogP contribution in [0.3, 0.4) is 0 Å². The van der Waals surface area contributed by atoms with Gasteiger partial charge in [-0.15, -0.1) is 0 Å². The summed E-state index contributed by atoms with van der Waals surface area (Å²) in [7, 11) is 3.76. The average molecular weight is 341 g/mol. The normalized spacial score (nSPS) is 19.1. The molecule has 0 bridgehead atoms. The second-order valence-corrected chi connectivity index (χ2v) is 7.20. The van der Waals surface area contributed by atoms with Gasteiger partial charge in [0.25, 0.3) is 0 Å². The molecule has 0 unspecified atom stereocenters. The van der Waals surface area contributed by atoms with Crippen LogP contribution in [-0.4, -0.2) is 41.0 Å². The molecule has 0 amide bonds. The smallest absolute Gasteiger partial charge is 0.161 e. The highest BCUT2D eigenvalue weighted by Gasteiger charge is 2.30. The summed E-state index contributed by atoms with van der Waals surface area (Å²) in [6.07, 6.45) is 7.08. The number of nitrogens with zero attached hydrogens (tertiary/aromatic N) is 3. The molecule has 1 saturated heterocycles. The number of benzene rings is 1.